The molecular weight excluding hydrogens is 661 g/mol. The molecule has 0 N–H and O–H groups in total. The molecule has 0 heterocycles. The second-order valence-corrected chi connectivity index (χ2v) is 11.9. The SMILES string of the molecule is CC\C=C/C=C\C=C/C=C\C=C\C=C/CCCCCC(=O)OCC(COC(=O)C/C=C\C/C=C\C/C=C\CC)OC(=O)C/C=C\C/C=C\C/C=C\CC. The van der Waals surface area contributed by atoms with E-state index in [0.29, 0.717) is 12.8 Å². The van der Waals surface area contributed by atoms with E-state index in [1.165, 1.54) is 0 Å². The lowest BCUT2D eigenvalue weighted by molar-refractivity contribution is -0.166. The van der Waals surface area contributed by atoms with Crippen LogP contribution in [0.5, 0.6) is 0 Å². The Labute approximate surface area is 321 Å². The fraction of sp³-hybridized carbons (Fsp3) is 0.426. The highest BCUT2D eigenvalue weighted by molar-refractivity contribution is 5.72. The van der Waals surface area contributed by atoms with Crippen molar-refractivity contribution in [2.45, 2.75) is 117 Å². The minimum absolute atomic E-state index is 0.0694. The van der Waals surface area contributed by atoms with Gasteiger partial charge in [-0.05, 0) is 64.2 Å². The van der Waals surface area contributed by atoms with Crippen LogP contribution in [-0.2, 0) is 28.6 Å². The average molecular weight is 727 g/mol. The Morgan fingerprint density at radius 1 is 0.415 bits per heavy atom. The largest absolute Gasteiger partial charge is 0.462 e. The van der Waals surface area contributed by atoms with Crippen LogP contribution in [0.3, 0.4) is 0 Å². The zero-order valence-electron chi connectivity index (χ0n) is 32.7. The van der Waals surface area contributed by atoms with Gasteiger partial charge in [0, 0.05) is 6.42 Å². The minimum atomic E-state index is -0.883. The molecule has 0 aliphatic heterocycles. The van der Waals surface area contributed by atoms with Crippen molar-refractivity contribution < 1.29 is 28.6 Å². The Bertz CT molecular complexity index is 1300. The molecule has 290 valence electrons. The lowest BCUT2D eigenvalue weighted by atomic mass is 10.1. The Kier molecular flexibility index (Phi) is 36.5. The molecule has 6 heteroatoms. The molecule has 0 rings (SSSR count). The van der Waals surface area contributed by atoms with Crippen molar-refractivity contribution in [1.29, 1.82) is 0 Å². The first kappa shape index (κ1) is 48.3. The van der Waals surface area contributed by atoms with Crippen LogP contribution in [0.1, 0.15) is 111 Å². The van der Waals surface area contributed by atoms with E-state index >= 15 is 0 Å². The van der Waals surface area contributed by atoms with Crippen LogP contribution in [0.2, 0.25) is 0 Å². The van der Waals surface area contributed by atoms with Crippen LogP contribution in [0.15, 0.2) is 146 Å². The molecule has 0 radical (unpaired) electrons. The maximum atomic E-state index is 12.5. The summed E-state index contributed by atoms with van der Waals surface area (Å²) in [4.78, 5) is 37.3. The van der Waals surface area contributed by atoms with E-state index in [1.807, 2.05) is 85.1 Å². The molecule has 53 heavy (non-hydrogen) atoms. The molecule has 0 spiro atoms. The van der Waals surface area contributed by atoms with E-state index in [9.17, 15) is 14.4 Å². The van der Waals surface area contributed by atoms with Gasteiger partial charge in [-0.2, -0.15) is 0 Å². The maximum Gasteiger partial charge on any atom is 0.310 e. The van der Waals surface area contributed by atoms with Gasteiger partial charge < -0.3 is 14.2 Å². The van der Waals surface area contributed by atoms with Crippen molar-refractivity contribution in [2.24, 2.45) is 0 Å². The standard InChI is InChI=1S/C47H66O6/c1-4-7-10-13-16-19-20-21-22-23-24-25-26-29-31-34-37-40-46(49)52-43-44(53-47(50)41-38-35-32-28-18-15-12-9-6-3)42-51-45(48)39-36-33-30-27-17-14-11-8-5-2/h7-13,16-28,33,35-36,38,44H,4-6,14-15,29-32,34,37,39-43H2,1-3H3/b10-7-,11-8-,12-9-,16-13-,20-19-,22-21-,24-23+,26-25-,27-17-,28-18-,36-33-,38-35-. The maximum absolute atomic E-state index is 12.5. The normalized spacial score (nSPS) is 13.6. The molecule has 0 bridgehead atoms. The monoisotopic (exact) mass is 726 g/mol. The van der Waals surface area contributed by atoms with E-state index in [4.69, 9.17) is 14.2 Å². The summed E-state index contributed by atoms with van der Waals surface area (Å²) >= 11 is 0. The van der Waals surface area contributed by atoms with Crippen LogP contribution >= 0.6 is 0 Å². The van der Waals surface area contributed by atoms with Gasteiger partial charge in [0.05, 0.1) is 12.8 Å². The summed E-state index contributed by atoms with van der Waals surface area (Å²) in [5.41, 5.74) is 0. The summed E-state index contributed by atoms with van der Waals surface area (Å²) in [5, 5.41) is 0. The van der Waals surface area contributed by atoms with Crippen LogP contribution in [0.4, 0.5) is 0 Å². The van der Waals surface area contributed by atoms with Gasteiger partial charge in [-0.3, -0.25) is 14.4 Å². The van der Waals surface area contributed by atoms with Crippen molar-refractivity contribution in [2.75, 3.05) is 13.2 Å². The molecule has 6 nitrogen and oxygen atoms in total. The molecular formula is C47H66O6. The topological polar surface area (TPSA) is 78.9 Å². The number of allylic oxidation sites excluding steroid dienone is 22. The first-order valence-corrected chi connectivity index (χ1v) is 19.4. The van der Waals surface area contributed by atoms with E-state index in [2.05, 4.69) is 69.4 Å². The second kappa shape index (κ2) is 40.1. The van der Waals surface area contributed by atoms with Gasteiger partial charge in [-0.15, -0.1) is 0 Å². The quantitative estimate of drug-likeness (QED) is 0.0233. The van der Waals surface area contributed by atoms with Crippen LogP contribution < -0.4 is 0 Å². The van der Waals surface area contributed by atoms with Crippen molar-refractivity contribution >= 4 is 17.9 Å². The van der Waals surface area contributed by atoms with Gasteiger partial charge in [0.15, 0.2) is 6.10 Å². The first-order chi connectivity index (χ1) is 26.0. The Hall–Kier alpha value is -4.71. The molecule has 0 aliphatic rings. The minimum Gasteiger partial charge on any atom is -0.462 e. The molecule has 0 aromatic carbocycles. The number of unbranched alkanes of at least 4 members (excludes halogenated alkanes) is 3. The molecule has 0 aromatic heterocycles. The number of carbonyl (C=O) groups excluding carboxylic acids is 3. The zero-order chi connectivity index (χ0) is 38.7. The third-order valence-corrected chi connectivity index (χ3v) is 7.05. The van der Waals surface area contributed by atoms with Crippen LogP contribution in [0, 0.1) is 0 Å². The molecule has 1 unspecified atom stereocenters. The highest BCUT2D eigenvalue weighted by atomic mass is 16.6. The summed E-state index contributed by atoms with van der Waals surface area (Å²) in [5.74, 6) is -1.29. The van der Waals surface area contributed by atoms with Gasteiger partial charge in [-0.1, -0.05) is 173 Å². The van der Waals surface area contributed by atoms with Gasteiger partial charge in [0.25, 0.3) is 0 Å². The predicted molar refractivity (Wildman–Crippen MR) is 223 cm³/mol. The van der Waals surface area contributed by atoms with Gasteiger partial charge in [0.2, 0.25) is 0 Å². The molecule has 0 aliphatic carbocycles. The molecule has 0 amide bonds. The smallest absolute Gasteiger partial charge is 0.310 e. The molecule has 0 aromatic rings. The highest BCUT2D eigenvalue weighted by Crippen LogP contribution is 2.07. The number of ether oxygens (including phenoxy) is 3. The van der Waals surface area contributed by atoms with Crippen molar-refractivity contribution in [3.8, 4) is 0 Å². The van der Waals surface area contributed by atoms with E-state index < -0.39 is 18.0 Å². The Morgan fingerprint density at radius 3 is 1.34 bits per heavy atom. The third-order valence-electron chi connectivity index (χ3n) is 7.05. The summed E-state index contributed by atoms with van der Waals surface area (Å²) in [6, 6.07) is 0. The number of esters is 3. The summed E-state index contributed by atoms with van der Waals surface area (Å²) in [7, 11) is 0. The molecule has 0 saturated heterocycles. The number of hydrogen-bond donors (Lipinski definition) is 0. The lowest BCUT2D eigenvalue weighted by Gasteiger charge is -2.17. The fourth-order valence-corrected chi connectivity index (χ4v) is 4.24. The van der Waals surface area contributed by atoms with Crippen LogP contribution in [-0.4, -0.2) is 37.2 Å². The van der Waals surface area contributed by atoms with E-state index in [0.717, 1.165) is 57.8 Å². The molecule has 1 atom stereocenters. The number of hydrogen-bond acceptors (Lipinski definition) is 6. The average Bonchev–Trinajstić information content (AvgIpc) is 3.15. The first-order valence-electron chi connectivity index (χ1n) is 19.4. The zero-order valence-corrected chi connectivity index (χ0v) is 32.7. The van der Waals surface area contributed by atoms with Crippen molar-refractivity contribution in [3.05, 3.63) is 146 Å². The van der Waals surface area contributed by atoms with E-state index in [1.54, 1.807) is 12.2 Å². The molecule has 0 fully saturated rings. The second-order valence-electron chi connectivity index (χ2n) is 11.9. The Morgan fingerprint density at radius 2 is 0.830 bits per heavy atom. The summed E-state index contributed by atoms with van der Waals surface area (Å²) in [6.07, 6.45) is 57.6. The molecule has 0 saturated carbocycles. The third kappa shape index (κ3) is 38.4. The van der Waals surface area contributed by atoms with Gasteiger partial charge in [-0.25, -0.2) is 0 Å². The number of carbonyl (C=O) groups is 3. The summed E-state index contributed by atoms with van der Waals surface area (Å²) < 4.78 is 16.3. The van der Waals surface area contributed by atoms with Gasteiger partial charge in [0.1, 0.15) is 13.2 Å². The van der Waals surface area contributed by atoms with E-state index in [-0.39, 0.29) is 38.4 Å². The Balaban J connectivity index is 4.64. The highest BCUT2D eigenvalue weighted by Gasteiger charge is 2.18. The van der Waals surface area contributed by atoms with Crippen molar-refractivity contribution in [1.82, 2.24) is 0 Å². The van der Waals surface area contributed by atoms with Crippen LogP contribution in [0.25, 0.3) is 0 Å². The lowest BCUT2D eigenvalue weighted by Crippen LogP contribution is -2.30. The fourth-order valence-electron chi connectivity index (χ4n) is 4.24. The van der Waals surface area contributed by atoms with Gasteiger partial charge >= 0.3 is 17.9 Å². The van der Waals surface area contributed by atoms with Crippen molar-refractivity contribution in [3.63, 3.8) is 0 Å². The number of rotatable bonds is 31. The summed E-state index contributed by atoms with van der Waals surface area (Å²) in [6.45, 7) is 5.95. The predicted octanol–water partition coefficient (Wildman–Crippen LogP) is 12.2.